The van der Waals surface area contributed by atoms with Crippen LogP contribution in [0.25, 0.3) is 5.65 Å². The smallest absolute Gasteiger partial charge is 0.369 e. The number of imidazole rings is 1. The molecule has 2 rings (SSSR count). The molecule has 0 aliphatic carbocycles. The van der Waals surface area contributed by atoms with Gasteiger partial charge in [-0.15, -0.1) is 0 Å². The van der Waals surface area contributed by atoms with Gasteiger partial charge in [0.2, 0.25) is 0 Å². The molecule has 0 bridgehead atoms. The lowest BCUT2D eigenvalue weighted by atomic mass is 9.94. The van der Waals surface area contributed by atoms with Gasteiger partial charge in [0.05, 0.1) is 0 Å². The maximum absolute atomic E-state index is 12.6. The molecule has 0 saturated heterocycles. The average molecular weight is 284 g/mol. The summed E-state index contributed by atoms with van der Waals surface area (Å²) in [6, 6.07) is 1.50. The quantitative estimate of drug-likeness (QED) is 0.817. The first-order valence-corrected chi connectivity index (χ1v) is 4.86. The van der Waals surface area contributed by atoms with E-state index in [1.54, 1.807) is 0 Å². The van der Waals surface area contributed by atoms with Gasteiger partial charge in [0.1, 0.15) is 5.65 Å². The van der Waals surface area contributed by atoms with E-state index in [0.717, 1.165) is 10.5 Å². The van der Waals surface area contributed by atoms with Crippen LogP contribution in [0.5, 0.6) is 0 Å². The molecule has 19 heavy (non-hydrogen) atoms. The Morgan fingerprint density at radius 2 is 1.58 bits per heavy atom. The van der Waals surface area contributed by atoms with Crippen LogP contribution >= 0.6 is 0 Å². The van der Waals surface area contributed by atoms with E-state index in [1.807, 2.05) is 0 Å². The summed E-state index contributed by atoms with van der Waals surface area (Å²) in [6.45, 7) is 0. The summed E-state index contributed by atoms with van der Waals surface area (Å²) in [5, 5.41) is 9.17. The molecule has 0 atom stereocenters. The van der Waals surface area contributed by atoms with Crippen LogP contribution in [0.3, 0.4) is 0 Å². The summed E-state index contributed by atoms with van der Waals surface area (Å²) < 4.78 is 76.7. The average Bonchev–Trinajstić information content (AvgIpc) is 2.71. The molecule has 0 radical (unpaired) electrons. The van der Waals surface area contributed by atoms with Gasteiger partial charge in [0, 0.05) is 24.2 Å². The van der Waals surface area contributed by atoms with E-state index >= 15 is 0 Å². The second kappa shape index (κ2) is 3.86. The number of fused-ring (bicyclic) bond motifs is 1. The predicted octanol–water partition coefficient (Wildman–Crippen LogP) is 2.65. The largest absolute Gasteiger partial charge is 0.430 e. The normalized spacial score (nSPS) is 14.1. The Balaban J connectivity index is 2.68. The molecule has 1 N–H and O–H groups in total. The first kappa shape index (κ1) is 13.7. The van der Waals surface area contributed by atoms with Crippen molar-refractivity contribution < 1.29 is 31.4 Å². The van der Waals surface area contributed by atoms with E-state index in [9.17, 15) is 26.3 Å². The van der Waals surface area contributed by atoms with Crippen molar-refractivity contribution in [3.63, 3.8) is 0 Å². The molecule has 0 spiro atoms. The number of hydrogen-bond acceptors (Lipinski definition) is 2. The van der Waals surface area contributed by atoms with Crippen LogP contribution in [0.15, 0.2) is 30.7 Å². The number of halogens is 6. The molecule has 104 valence electrons. The first-order valence-electron chi connectivity index (χ1n) is 4.86. The summed E-state index contributed by atoms with van der Waals surface area (Å²) in [6.07, 6.45) is -8.85. The number of aromatic nitrogens is 2. The Labute approximate surface area is 102 Å². The fourth-order valence-corrected chi connectivity index (χ4v) is 1.62. The minimum Gasteiger partial charge on any atom is -0.369 e. The van der Waals surface area contributed by atoms with E-state index in [1.165, 1.54) is 12.4 Å². The molecule has 0 aromatic carbocycles. The Hall–Kier alpha value is -1.77. The molecule has 0 amide bonds. The minimum absolute atomic E-state index is 0.162. The lowest BCUT2D eigenvalue weighted by Gasteiger charge is -2.32. The van der Waals surface area contributed by atoms with Crippen LogP contribution in [0.4, 0.5) is 26.3 Å². The number of pyridine rings is 1. The molecule has 0 aliphatic rings. The number of hydrogen-bond donors (Lipinski definition) is 1. The zero-order valence-corrected chi connectivity index (χ0v) is 9.00. The van der Waals surface area contributed by atoms with Crippen molar-refractivity contribution in [1.82, 2.24) is 9.38 Å². The van der Waals surface area contributed by atoms with Crippen molar-refractivity contribution in [2.45, 2.75) is 18.0 Å². The summed E-state index contributed by atoms with van der Waals surface area (Å²) in [5.74, 6) is 0. The third-order valence-electron chi connectivity index (χ3n) is 2.63. The van der Waals surface area contributed by atoms with Crippen LogP contribution < -0.4 is 0 Å². The SMILES string of the molecule is OC(c1ccc2nccn2c1)(C(F)(F)F)C(F)(F)F. The summed E-state index contributed by atoms with van der Waals surface area (Å²) in [5.41, 5.74) is -6.08. The summed E-state index contributed by atoms with van der Waals surface area (Å²) in [4.78, 5) is 3.69. The van der Waals surface area contributed by atoms with Crippen LogP contribution in [-0.2, 0) is 5.60 Å². The zero-order valence-electron chi connectivity index (χ0n) is 9.00. The van der Waals surface area contributed by atoms with Gasteiger partial charge in [-0.05, 0) is 6.07 Å². The van der Waals surface area contributed by atoms with E-state index in [4.69, 9.17) is 5.11 Å². The Morgan fingerprint density at radius 1 is 1.00 bits per heavy atom. The fraction of sp³-hybridized carbons (Fsp3) is 0.300. The van der Waals surface area contributed by atoms with Crippen LogP contribution in [0.1, 0.15) is 5.56 Å². The summed E-state index contributed by atoms with van der Waals surface area (Å²) >= 11 is 0. The second-order valence-corrected chi connectivity index (χ2v) is 3.82. The van der Waals surface area contributed by atoms with Gasteiger partial charge in [-0.2, -0.15) is 26.3 Å². The van der Waals surface area contributed by atoms with Crippen LogP contribution in [0.2, 0.25) is 0 Å². The van der Waals surface area contributed by atoms with E-state index in [0.29, 0.717) is 12.3 Å². The van der Waals surface area contributed by atoms with Gasteiger partial charge in [-0.3, -0.25) is 0 Å². The van der Waals surface area contributed by atoms with Gasteiger partial charge in [-0.1, -0.05) is 6.07 Å². The highest BCUT2D eigenvalue weighted by molar-refractivity contribution is 5.41. The molecule has 9 heteroatoms. The number of rotatable bonds is 1. The van der Waals surface area contributed by atoms with Crippen LogP contribution in [-0.4, -0.2) is 26.8 Å². The van der Waals surface area contributed by atoms with Crippen molar-refractivity contribution >= 4 is 5.65 Å². The third kappa shape index (κ3) is 1.93. The number of nitrogens with zero attached hydrogens (tertiary/aromatic N) is 2. The lowest BCUT2D eigenvalue weighted by molar-refractivity contribution is -0.376. The van der Waals surface area contributed by atoms with Gasteiger partial charge < -0.3 is 9.51 Å². The van der Waals surface area contributed by atoms with Crippen molar-refractivity contribution in [2.24, 2.45) is 0 Å². The molecule has 0 fully saturated rings. The van der Waals surface area contributed by atoms with E-state index in [-0.39, 0.29) is 5.65 Å². The Morgan fingerprint density at radius 3 is 2.11 bits per heavy atom. The Kier molecular flexibility index (Phi) is 2.77. The maximum Gasteiger partial charge on any atom is 0.430 e. The van der Waals surface area contributed by atoms with Crippen LogP contribution in [0, 0.1) is 0 Å². The monoisotopic (exact) mass is 284 g/mol. The molecule has 0 aliphatic heterocycles. The molecular weight excluding hydrogens is 278 g/mol. The number of aliphatic hydroxyl groups is 1. The Bertz CT molecular complexity index is 586. The second-order valence-electron chi connectivity index (χ2n) is 3.82. The number of alkyl halides is 6. The predicted molar refractivity (Wildman–Crippen MR) is 51.2 cm³/mol. The molecule has 2 heterocycles. The van der Waals surface area contributed by atoms with Crippen molar-refractivity contribution in [1.29, 1.82) is 0 Å². The van der Waals surface area contributed by atoms with Crippen molar-refractivity contribution in [3.05, 3.63) is 36.3 Å². The van der Waals surface area contributed by atoms with Gasteiger partial charge in [-0.25, -0.2) is 4.98 Å². The zero-order chi connectivity index (χ0) is 14.5. The standard InChI is InChI=1S/C10H6F6N2O/c11-9(12,13)8(19,10(14,15)16)6-1-2-7-17-3-4-18(7)5-6/h1-5,19H. The first-order chi connectivity index (χ1) is 8.57. The van der Waals surface area contributed by atoms with Crippen molar-refractivity contribution in [3.8, 4) is 0 Å². The highest BCUT2D eigenvalue weighted by atomic mass is 19.4. The van der Waals surface area contributed by atoms with E-state index in [2.05, 4.69) is 4.98 Å². The highest BCUT2D eigenvalue weighted by Crippen LogP contribution is 2.49. The maximum atomic E-state index is 12.6. The topological polar surface area (TPSA) is 37.5 Å². The highest BCUT2D eigenvalue weighted by Gasteiger charge is 2.71. The molecular formula is C10H6F6N2O. The van der Waals surface area contributed by atoms with Gasteiger partial charge >= 0.3 is 12.4 Å². The van der Waals surface area contributed by atoms with Gasteiger partial charge in [0.15, 0.2) is 0 Å². The molecule has 2 aromatic heterocycles. The molecule has 2 aromatic rings. The minimum atomic E-state index is -5.89. The third-order valence-corrected chi connectivity index (χ3v) is 2.63. The lowest BCUT2D eigenvalue weighted by Crippen LogP contribution is -2.54. The molecule has 0 saturated carbocycles. The molecule has 0 unspecified atom stereocenters. The van der Waals surface area contributed by atoms with Crippen molar-refractivity contribution in [2.75, 3.05) is 0 Å². The van der Waals surface area contributed by atoms with Gasteiger partial charge in [0.25, 0.3) is 5.60 Å². The van der Waals surface area contributed by atoms with E-state index < -0.39 is 23.5 Å². The summed E-state index contributed by atoms with van der Waals surface area (Å²) in [7, 11) is 0. The molecule has 3 nitrogen and oxygen atoms in total. The fourth-order valence-electron chi connectivity index (χ4n) is 1.62.